The van der Waals surface area contributed by atoms with Crippen molar-refractivity contribution in [1.29, 1.82) is 0 Å². The molecular formula is C16H24N2O4. The van der Waals surface area contributed by atoms with Gasteiger partial charge in [0, 0.05) is 20.7 Å². The Bertz CT molecular complexity index is 527. The van der Waals surface area contributed by atoms with Gasteiger partial charge in [-0.25, -0.2) is 0 Å². The number of nitrogens with zero attached hydrogens (tertiary/aromatic N) is 1. The van der Waals surface area contributed by atoms with Crippen molar-refractivity contribution in [2.24, 2.45) is 0 Å². The second kappa shape index (κ2) is 6.98. The molecule has 0 bridgehead atoms. The van der Waals surface area contributed by atoms with Crippen molar-refractivity contribution in [3.63, 3.8) is 0 Å². The molecule has 1 aromatic carbocycles. The molecule has 0 unspecified atom stereocenters. The van der Waals surface area contributed by atoms with Crippen LogP contribution in [0.15, 0.2) is 18.2 Å². The lowest BCUT2D eigenvalue weighted by Crippen LogP contribution is -2.54. The number of hydrogen-bond acceptors (Lipinski definition) is 5. The number of carbonyl (C=O) groups excluding carboxylic acids is 1. The van der Waals surface area contributed by atoms with E-state index in [4.69, 9.17) is 9.47 Å². The zero-order valence-corrected chi connectivity index (χ0v) is 13.4. The molecule has 2 N–H and O–H groups in total. The first kappa shape index (κ1) is 16.6. The van der Waals surface area contributed by atoms with Crippen LogP contribution < -0.4 is 10.1 Å². The lowest BCUT2D eigenvalue weighted by molar-refractivity contribution is -0.157. The fourth-order valence-corrected chi connectivity index (χ4v) is 2.85. The minimum absolute atomic E-state index is 0.0106. The molecule has 0 spiro atoms. The molecule has 1 aromatic rings. The van der Waals surface area contributed by atoms with Gasteiger partial charge in [0.15, 0.2) is 11.5 Å². The van der Waals surface area contributed by atoms with Crippen molar-refractivity contribution in [3.05, 3.63) is 23.8 Å². The number of phenolic OH excluding ortho intramolecular Hbond substituents is 1. The summed E-state index contributed by atoms with van der Waals surface area (Å²) in [6, 6.07) is 5.09. The monoisotopic (exact) mass is 308 g/mol. The fraction of sp³-hybridized carbons (Fsp3) is 0.562. The van der Waals surface area contributed by atoms with Crippen molar-refractivity contribution < 1.29 is 19.4 Å². The summed E-state index contributed by atoms with van der Waals surface area (Å²) in [6.45, 7) is 1.99. The summed E-state index contributed by atoms with van der Waals surface area (Å²) in [4.78, 5) is 14.4. The van der Waals surface area contributed by atoms with Gasteiger partial charge in [-0.05, 0) is 43.6 Å². The Morgan fingerprint density at radius 1 is 1.36 bits per heavy atom. The summed E-state index contributed by atoms with van der Waals surface area (Å²) in [6.07, 6.45) is 1.34. The van der Waals surface area contributed by atoms with Crippen molar-refractivity contribution in [2.75, 3.05) is 34.4 Å². The molecular weight excluding hydrogens is 284 g/mol. The van der Waals surface area contributed by atoms with Gasteiger partial charge in [0.2, 0.25) is 0 Å². The highest BCUT2D eigenvalue weighted by molar-refractivity contribution is 5.85. The topological polar surface area (TPSA) is 71.0 Å². The molecule has 2 rings (SSSR count). The Hall–Kier alpha value is -1.79. The first-order valence-electron chi connectivity index (χ1n) is 7.40. The quantitative estimate of drug-likeness (QED) is 0.853. The number of hydrogen-bond donors (Lipinski definition) is 2. The van der Waals surface area contributed by atoms with Crippen LogP contribution in [-0.2, 0) is 16.1 Å². The van der Waals surface area contributed by atoms with Crippen molar-refractivity contribution in [1.82, 2.24) is 10.2 Å². The molecule has 1 heterocycles. The van der Waals surface area contributed by atoms with Crippen LogP contribution in [0.25, 0.3) is 0 Å². The SMILES string of the molecule is COc1cc(CN(C)C(=O)C2(OC)CCNCC2)ccc1O. The van der Waals surface area contributed by atoms with Crippen molar-refractivity contribution in [2.45, 2.75) is 25.0 Å². The van der Waals surface area contributed by atoms with Crippen LogP contribution in [0.1, 0.15) is 18.4 Å². The number of methoxy groups -OCH3 is 2. The Balaban J connectivity index is 2.10. The van der Waals surface area contributed by atoms with E-state index in [1.165, 1.54) is 7.11 Å². The third-order valence-corrected chi connectivity index (χ3v) is 4.20. The molecule has 0 saturated carbocycles. The molecule has 1 aliphatic heterocycles. The molecule has 1 fully saturated rings. The second-order valence-corrected chi connectivity index (χ2v) is 5.62. The number of ether oxygens (including phenoxy) is 2. The highest BCUT2D eigenvalue weighted by Crippen LogP contribution is 2.28. The van der Waals surface area contributed by atoms with E-state index in [-0.39, 0.29) is 11.7 Å². The molecule has 122 valence electrons. The average molecular weight is 308 g/mol. The van der Waals surface area contributed by atoms with Gasteiger partial charge in [-0.3, -0.25) is 4.79 Å². The number of phenols is 1. The number of carbonyl (C=O) groups is 1. The highest BCUT2D eigenvalue weighted by atomic mass is 16.5. The van der Waals surface area contributed by atoms with E-state index in [1.54, 1.807) is 37.3 Å². The summed E-state index contributed by atoms with van der Waals surface area (Å²) >= 11 is 0. The maximum absolute atomic E-state index is 12.8. The minimum Gasteiger partial charge on any atom is -0.504 e. The van der Waals surface area contributed by atoms with Crippen LogP contribution >= 0.6 is 0 Å². The second-order valence-electron chi connectivity index (χ2n) is 5.62. The van der Waals surface area contributed by atoms with E-state index in [0.717, 1.165) is 18.7 Å². The average Bonchev–Trinajstić information content (AvgIpc) is 2.56. The van der Waals surface area contributed by atoms with Gasteiger partial charge in [0.25, 0.3) is 5.91 Å². The zero-order chi connectivity index (χ0) is 16.2. The number of nitrogens with one attached hydrogen (secondary N) is 1. The first-order chi connectivity index (χ1) is 10.5. The van der Waals surface area contributed by atoms with Gasteiger partial charge in [-0.15, -0.1) is 0 Å². The van der Waals surface area contributed by atoms with E-state index < -0.39 is 5.60 Å². The van der Waals surface area contributed by atoms with Crippen LogP contribution in [0.3, 0.4) is 0 Å². The number of likely N-dealkylation sites (N-methyl/N-ethyl adjacent to an activating group) is 1. The summed E-state index contributed by atoms with van der Waals surface area (Å²) in [5.41, 5.74) is 0.159. The lowest BCUT2D eigenvalue weighted by Gasteiger charge is -2.37. The van der Waals surface area contributed by atoms with Crippen LogP contribution in [0, 0.1) is 0 Å². The van der Waals surface area contributed by atoms with Gasteiger partial charge in [0.05, 0.1) is 7.11 Å². The van der Waals surface area contributed by atoms with Crippen LogP contribution in [0.4, 0.5) is 0 Å². The van der Waals surface area contributed by atoms with Gasteiger partial charge in [-0.2, -0.15) is 0 Å². The van der Waals surface area contributed by atoms with Gasteiger partial charge in [0.1, 0.15) is 5.60 Å². The van der Waals surface area contributed by atoms with Crippen molar-refractivity contribution >= 4 is 5.91 Å². The van der Waals surface area contributed by atoms with E-state index in [0.29, 0.717) is 25.1 Å². The van der Waals surface area contributed by atoms with Gasteiger partial charge < -0.3 is 24.8 Å². The number of piperidine rings is 1. The fourth-order valence-electron chi connectivity index (χ4n) is 2.85. The molecule has 22 heavy (non-hydrogen) atoms. The van der Waals surface area contributed by atoms with E-state index in [9.17, 15) is 9.90 Å². The predicted octanol–water partition coefficient (Wildman–Crippen LogP) is 1.13. The summed E-state index contributed by atoms with van der Waals surface area (Å²) < 4.78 is 10.7. The molecule has 0 aliphatic carbocycles. The Morgan fingerprint density at radius 2 is 2.05 bits per heavy atom. The Labute approximate surface area is 131 Å². The largest absolute Gasteiger partial charge is 0.504 e. The van der Waals surface area contributed by atoms with Crippen LogP contribution in [0.5, 0.6) is 11.5 Å². The summed E-state index contributed by atoms with van der Waals surface area (Å²) in [7, 11) is 4.87. The predicted molar refractivity (Wildman–Crippen MR) is 83.0 cm³/mol. The summed E-state index contributed by atoms with van der Waals surface area (Å²) in [5.74, 6) is 0.483. The summed E-state index contributed by atoms with van der Waals surface area (Å²) in [5, 5.41) is 12.9. The highest BCUT2D eigenvalue weighted by Gasteiger charge is 2.41. The standard InChI is InChI=1S/C16H24N2O4/c1-18(11-12-4-5-13(19)14(10-12)21-2)15(20)16(22-3)6-8-17-9-7-16/h4-5,10,17,19H,6-9,11H2,1-3H3. The Morgan fingerprint density at radius 3 is 2.64 bits per heavy atom. The number of aromatic hydroxyl groups is 1. The third kappa shape index (κ3) is 3.34. The maximum atomic E-state index is 12.8. The number of amides is 1. The lowest BCUT2D eigenvalue weighted by atomic mass is 9.90. The molecule has 1 amide bonds. The number of benzene rings is 1. The maximum Gasteiger partial charge on any atom is 0.254 e. The smallest absolute Gasteiger partial charge is 0.254 e. The third-order valence-electron chi connectivity index (χ3n) is 4.20. The van der Waals surface area contributed by atoms with E-state index in [2.05, 4.69) is 5.32 Å². The zero-order valence-electron chi connectivity index (χ0n) is 13.4. The van der Waals surface area contributed by atoms with E-state index >= 15 is 0 Å². The van der Waals surface area contributed by atoms with Crippen molar-refractivity contribution in [3.8, 4) is 11.5 Å². The minimum atomic E-state index is -0.735. The number of rotatable bonds is 5. The Kier molecular flexibility index (Phi) is 5.26. The molecule has 0 atom stereocenters. The molecule has 1 saturated heterocycles. The van der Waals surface area contributed by atoms with Gasteiger partial charge >= 0.3 is 0 Å². The molecule has 6 nitrogen and oxygen atoms in total. The molecule has 6 heteroatoms. The van der Waals surface area contributed by atoms with E-state index in [1.807, 2.05) is 0 Å². The van der Waals surface area contributed by atoms with Gasteiger partial charge in [-0.1, -0.05) is 6.07 Å². The molecule has 0 radical (unpaired) electrons. The molecule has 0 aromatic heterocycles. The van der Waals surface area contributed by atoms with Crippen LogP contribution in [0.2, 0.25) is 0 Å². The normalized spacial score (nSPS) is 17.0. The molecule has 1 aliphatic rings. The van der Waals surface area contributed by atoms with Crippen LogP contribution in [-0.4, -0.2) is 55.9 Å². The first-order valence-corrected chi connectivity index (χ1v) is 7.40.